The molecule has 6 rings (SSSR count). The average Bonchev–Trinajstić information content (AvgIpc) is 3.53. The van der Waals surface area contributed by atoms with Crippen LogP contribution in [0, 0.1) is 0 Å². The van der Waals surface area contributed by atoms with Gasteiger partial charge in [0.25, 0.3) is 0 Å². The molecule has 3 N–H and O–H groups in total. The van der Waals surface area contributed by atoms with Crippen LogP contribution in [-0.4, -0.2) is 52.6 Å². The summed E-state index contributed by atoms with van der Waals surface area (Å²) >= 11 is 5.49. The third-order valence-electron chi connectivity index (χ3n) is 6.66. The Hall–Kier alpha value is -3.85. The van der Waals surface area contributed by atoms with Gasteiger partial charge in [-0.3, -0.25) is 0 Å². The van der Waals surface area contributed by atoms with Gasteiger partial charge in [0, 0.05) is 17.4 Å². The molecule has 37 heavy (non-hydrogen) atoms. The third kappa shape index (κ3) is 5.32. The molecule has 3 heterocycles. The molecule has 7 nitrogen and oxygen atoms in total. The van der Waals surface area contributed by atoms with Gasteiger partial charge in [0.2, 0.25) is 5.95 Å². The van der Waals surface area contributed by atoms with Gasteiger partial charge in [0.1, 0.15) is 12.2 Å². The van der Waals surface area contributed by atoms with E-state index in [1.165, 1.54) is 11.1 Å². The molecule has 0 bridgehead atoms. The standard InChI is InChI=1S/C29H27N5O2S/c37-29(31-22-9-5-2-6-10-22)34-25-18-36-26-24(17-35-27(25)26)33-28-30-16-15-23(32-28)21-13-11-20(12-14-21)19-7-3-1-4-8-19/h1-16,24-27H,17-18H2,(H,30,32,33)(H2,31,34,37)/t24-,25-,26+,27+/m0/s1. The predicted molar refractivity (Wildman–Crippen MR) is 149 cm³/mol. The lowest BCUT2D eigenvalue weighted by Gasteiger charge is -2.20. The number of nitrogens with one attached hydrogen (secondary N) is 3. The Morgan fingerprint density at radius 3 is 2.11 bits per heavy atom. The quantitative estimate of drug-likeness (QED) is 0.322. The van der Waals surface area contributed by atoms with Crippen LogP contribution in [-0.2, 0) is 9.47 Å². The normalized spacial score (nSPS) is 22.3. The summed E-state index contributed by atoms with van der Waals surface area (Å²) in [5.41, 5.74) is 5.19. The molecule has 4 aromatic rings. The Balaban J connectivity index is 1.08. The SMILES string of the molecule is S=C(Nc1ccccc1)N[C@H]1CO[C@H]2[C@@H]1OC[C@@H]2Nc1nccc(-c2ccc(-c3ccccc3)cc2)n1. The summed E-state index contributed by atoms with van der Waals surface area (Å²) in [5, 5.41) is 10.5. The van der Waals surface area contributed by atoms with Crippen LogP contribution in [0.3, 0.4) is 0 Å². The van der Waals surface area contributed by atoms with E-state index >= 15 is 0 Å². The van der Waals surface area contributed by atoms with Crippen LogP contribution in [0.4, 0.5) is 11.6 Å². The summed E-state index contributed by atoms with van der Waals surface area (Å²) in [6, 6.07) is 30.4. The number of rotatable bonds is 6. The molecule has 2 saturated heterocycles. The number of benzene rings is 3. The molecule has 2 aliphatic heterocycles. The van der Waals surface area contributed by atoms with E-state index in [1.54, 1.807) is 6.20 Å². The van der Waals surface area contributed by atoms with Gasteiger partial charge in [0.15, 0.2) is 5.11 Å². The molecule has 0 amide bonds. The van der Waals surface area contributed by atoms with Crippen molar-refractivity contribution in [1.82, 2.24) is 15.3 Å². The summed E-state index contributed by atoms with van der Waals surface area (Å²) in [5.74, 6) is 0.556. The maximum atomic E-state index is 6.10. The van der Waals surface area contributed by atoms with Crippen molar-refractivity contribution >= 4 is 29.0 Å². The monoisotopic (exact) mass is 509 g/mol. The first-order valence-electron chi connectivity index (χ1n) is 12.3. The molecule has 8 heteroatoms. The van der Waals surface area contributed by atoms with Crippen molar-refractivity contribution in [1.29, 1.82) is 0 Å². The highest BCUT2D eigenvalue weighted by Gasteiger charge is 2.48. The molecule has 4 atom stereocenters. The first-order chi connectivity index (χ1) is 18.2. The molecule has 3 aromatic carbocycles. The van der Waals surface area contributed by atoms with Gasteiger partial charge >= 0.3 is 0 Å². The lowest BCUT2D eigenvalue weighted by Crippen LogP contribution is -2.46. The van der Waals surface area contributed by atoms with Crippen molar-refractivity contribution in [3.8, 4) is 22.4 Å². The number of hydrogen-bond acceptors (Lipinski definition) is 6. The van der Waals surface area contributed by atoms with Gasteiger partial charge in [-0.1, -0.05) is 72.8 Å². The summed E-state index contributed by atoms with van der Waals surface area (Å²) in [4.78, 5) is 9.20. The maximum Gasteiger partial charge on any atom is 0.223 e. The smallest absolute Gasteiger partial charge is 0.223 e. The lowest BCUT2D eigenvalue weighted by molar-refractivity contribution is 0.0689. The van der Waals surface area contributed by atoms with E-state index in [9.17, 15) is 0 Å². The molecular formula is C29H27N5O2S. The van der Waals surface area contributed by atoms with E-state index in [4.69, 9.17) is 26.7 Å². The Bertz CT molecular complexity index is 1350. The van der Waals surface area contributed by atoms with Crippen molar-refractivity contribution < 1.29 is 9.47 Å². The van der Waals surface area contributed by atoms with E-state index in [2.05, 4.69) is 57.3 Å². The number of nitrogens with zero attached hydrogens (tertiary/aromatic N) is 2. The Morgan fingerprint density at radius 1 is 0.730 bits per heavy atom. The summed E-state index contributed by atoms with van der Waals surface area (Å²) < 4.78 is 12.2. The Kier molecular flexibility index (Phi) is 6.77. The van der Waals surface area contributed by atoms with Crippen LogP contribution in [0.5, 0.6) is 0 Å². The van der Waals surface area contributed by atoms with Crippen molar-refractivity contribution in [2.75, 3.05) is 23.8 Å². The highest BCUT2D eigenvalue weighted by atomic mass is 32.1. The minimum atomic E-state index is -0.116. The van der Waals surface area contributed by atoms with E-state index in [-0.39, 0.29) is 24.3 Å². The fourth-order valence-corrected chi connectivity index (χ4v) is 5.09. The second-order valence-electron chi connectivity index (χ2n) is 9.13. The van der Waals surface area contributed by atoms with Crippen LogP contribution in [0.25, 0.3) is 22.4 Å². The zero-order chi connectivity index (χ0) is 25.0. The molecular weight excluding hydrogens is 482 g/mol. The number of anilines is 2. The van der Waals surface area contributed by atoms with Gasteiger partial charge < -0.3 is 25.4 Å². The Morgan fingerprint density at radius 2 is 1.35 bits per heavy atom. The van der Waals surface area contributed by atoms with Crippen LogP contribution in [0.1, 0.15) is 0 Å². The van der Waals surface area contributed by atoms with E-state index < -0.39 is 0 Å². The Labute approximate surface area is 221 Å². The molecule has 0 saturated carbocycles. The first-order valence-corrected chi connectivity index (χ1v) is 12.7. The fourth-order valence-electron chi connectivity index (χ4n) is 4.82. The van der Waals surface area contributed by atoms with Crippen LogP contribution >= 0.6 is 12.2 Å². The van der Waals surface area contributed by atoms with Gasteiger partial charge in [-0.15, -0.1) is 0 Å². The summed E-state index contributed by atoms with van der Waals surface area (Å²) in [6.45, 7) is 1.02. The third-order valence-corrected chi connectivity index (χ3v) is 6.88. The van der Waals surface area contributed by atoms with E-state index in [0.29, 0.717) is 24.3 Å². The molecule has 186 valence electrons. The fraction of sp³-hybridized carbons (Fsp3) is 0.207. The molecule has 0 radical (unpaired) electrons. The van der Waals surface area contributed by atoms with Crippen LogP contribution < -0.4 is 16.0 Å². The highest BCUT2D eigenvalue weighted by Crippen LogP contribution is 2.29. The highest BCUT2D eigenvalue weighted by molar-refractivity contribution is 7.80. The van der Waals surface area contributed by atoms with Crippen molar-refractivity contribution in [2.45, 2.75) is 24.3 Å². The zero-order valence-corrected chi connectivity index (χ0v) is 20.9. The van der Waals surface area contributed by atoms with Crippen molar-refractivity contribution in [3.63, 3.8) is 0 Å². The molecule has 2 fully saturated rings. The molecule has 2 aliphatic rings. The number of hydrogen-bond donors (Lipinski definition) is 3. The topological polar surface area (TPSA) is 80.3 Å². The maximum absolute atomic E-state index is 6.10. The van der Waals surface area contributed by atoms with Crippen molar-refractivity contribution in [2.24, 2.45) is 0 Å². The van der Waals surface area contributed by atoms with Gasteiger partial charge in [0.05, 0.1) is 31.0 Å². The molecule has 0 aliphatic carbocycles. The van der Waals surface area contributed by atoms with E-state index in [0.717, 1.165) is 16.9 Å². The number of fused-ring (bicyclic) bond motifs is 1. The van der Waals surface area contributed by atoms with E-state index in [1.807, 2.05) is 54.6 Å². The first kappa shape index (κ1) is 23.5. The number of para-hydroxylation sites is 1. The molecule has 0 spiro atoms. The summed E-state index contributed by atoms with van der Waals surface area (Å²) in [6.07, 6.45) is 1.55. The number of ether oxygens (including phenoxy) is 2. The summed E-state index contributed by atoms with van der Waals surface area (Å²) in [7, 11) is 0. The predicted octanol–water partition coefficient (Wildman–Crippen LogP) is 4.74. The minimum absolute atomic E-state index is 0.0316. The minimum Gasteiger partial charge on any atom is -0.371 e. The number of thiocarbonyl (C=S) groups is 1. The van der Waals surface area contributed by atoms with Gasteiger partial charge in [-0.05, 0) is 41.5 Å². The number of aromatic nitrogens is 2. The molecule has 0 unspecified atom stereocenters. The average molecular weight is 510 g/mol. The zero-order valence-electron chi connectivity index (χ0n) is 20.1. The van der Waals surface area contributed by atoms with Gasteiger partial charge in [-0.25, -0.2) is 9.97 Å². The molecule has 1 aromatic heterocycles. The van der Waals surface area contributed by atoms with Crippen molar-refractivity contribution in [3.05, 3.63) is 97.2 Å². The van der Waals surface area contributed by atoms with Crippen LogP contribution in [0.2, 0.25) is 0 Å². The lowest BCUT2D eigenvalue weighted by atomic mass is 10.0. The second-order valence-corrected chi connectivity index (χ2v) is 9.53. The largest absolute Gasteiger partial charge is 0.371 e. The second kappa shape index (κ2) is 10.6. The van der Waals surface area contributed by atoms with Gasteiger partial charge in [-0.2, -0.15) is 0 Å². The van der Waals surface area contributed by atoms with Crippen LogP contribution in [0.15, 0.2) is 97.2 Å².